The van der Waals surface area contributed by atoms with Crippen LogP contribution in [0.3, 0.4) is 0 Å². The normalized spacial score (nSPS) is 23.3. The van der Waals surface area contributed by atoms with Gasteiger partial charge in [-0.15, -0.1) is 0 Å². The minimum Gasteiger partial charge on any atom is -0.396 e. The van der Waals surface area contributed by atoms with Crippen molar-refractivity contribution in [2.45, 2.75) is 24.8 Å². The van der Waals surface area contributed by atoms with Gasteiger partial charge in [-0.05, 0) is 32.4 Å². The molecule has 1 saturated heterocycles. The van der Waals surface area contributed by atoms with Gasteiger partial charge in [0.15, 0.2) is 0 Å². The molecule has 13 heavy (non-hydrogen) atoms. The minimum atomic E-state index is -0.166. The summed E-state index contributed by atoms with van der Waals surface area (Å²) in [6, 6.07) is 0. The molecule has 1 aliphatic rings. The molecule has 0 aliphatic carbocycles. The molecule has 0 radical (unpaired) electrons. The third kappa shape index (κ3) is 3.23. The van der Waals surface area contributed by atoms with Gasteiger partial charge in [-0.2, -0.15) is 0 Å². The molecular formula is C9H20N2O2. The van der Waals surface area contributed by atoms with Crippen LogP contribution >= 0.6 is 0 Å². The molecule has 4 N–H and O–H groups in total. The number of hydrogen-bond donors (Lipinski definition) is 3. The first-order valence-corrected chi connectivity index (χ1v) is 4.93. The summed E-state index contributed by atoms with van der Waals surface area (Å²) < 4.78 is 0. The van der Waals surface area contributed by atoms with E-state index in [9.17, 15) is 0 Å². The Morgan fingerprint density at radius 3 is 2.23 bits per heavy atom. The summed E-state index contributed by atoms with van der Waals surface area (Å²) in [5, 5.41) is 17.6. The standard InChI is InChI=1S/C9H20N2O2/c10-9(3-7-12)1-4-11(5-2-9)6-8-13/h12-13H,1-8,10H2. The van der Waals surface area contributed by atoms with Crippen molar-refractivity contribution in [1.29, 1.82) is 0 Å². The molecule has 4 heteroatoms. The van der Waals surface area contributed by atoms with Gasteiger partial charge in [0.2, 0.25) is 0 Å². The topological polar surface area (TPSA) is 69.7 Å². The Kier molecular flexibility index (Phi) is 4.12. The molecule has 4 nitrogen and oxygen atoms in total. The number of hydrogen-bond acceptors (Lipinski definition) is 4. The summed E-state index contributed by atoms with van der Waals surface area (Å²) in [5.74, 6) is 0. The van der Waals surface area contributed by atoms with Gasteiger partial charge in [0.25, 0.3) is 0 Å². The minimum absolute atomic E-state index is 0.166. The molecule has 1 aliphatic heterocycles. The Morgan fingerprint density at radius 1 is 1.15 bits per heavy atom. The quantitative estimate of drug-likeness (QED) is 0.538. The maximum Gasteiger partial charge on any atom is 0.0558 e. The van der Waals surface area contributed by atoms with E-state index >= 15 is 0 Å². The second kappa shape index (κ2) is 4.91. The molecule has 0 bridgehead atoms. The molecule has 0 saturated carbocycles. The fourth-order valence-electron chi connectivity index (χ4n) is 1.84. The summed E-state index contributed by atoms with van der Waals surface area (Å²) in [7, 11) is 0. The van der Waals surface area contributed by atoms with Gasteiger partial charge in [0.05, 0.1) is 6.61 Å². The van der Waals surface area contributed by atoms with Gasteiger partial charge in [-0.3, -0.25) is 0 Å². The summed E-state index contributed by atoms with van der Waals surface area (Å²) in [6.45, 7) is 3.03. The van der Waals surface area contributed by atoms with Gasteiger partial charge in [-0.1, -0.05) is 0 Å². The molecule has 0 amide bonds. The fourth-order valence-corrected chi connectivity index (χ4v) is 1.84. The van der Waals surface area contributed by atoms with Crippen LogP contribution in [0.1, 0.15) is 19.3 Å². The van der Waals surface area contributed by atoms with E-state index in [-0.39, 0.29) is 18.8 Å². The van der Waals surface area contributed by atoms with Crippen molar-refractivity contribution in [2.75, 3.05) is 32.8 Å². The number of β-amino-alcohol motifs (C(OH)–C–C–N with tert-alkyl or cyclic N) is 1. The van der Waals surface area contributed by atoms with E-state index in [1.165, 1.54) is 0 Å². The van der Waals surface area contributed by atoms with E-state index in [0.29, 0.717) is 6.42 Å². The zero-order chi connectivity index (χ0) is 9.73. The highest BCUT2D eigenvalue weighted by atomic mass is 16.3. The Hall–Kier alpha value is -0.160. The molecule has 0 atom stereocenters. The maximum absolute atomic E-state index is 8.82. The lowest BCUT2D eigenvalue weighted by molar-refractivity contribution is 0.116. The Labute approximate surface area is 79.3 Å². The lowest BCUT2D eigenvalue weighted by Gasteiger charge is -2.38. The van der Waals surface area contributed by atoms with Gasteiger partial charge in [0.1, 0.15) is 0 Å². The van der Waals surface area contributed by atoms with Crippen molar-refractivity contribution < 1.29 is 10.2 Å². The first kappa shape index (κ1) is 10.9. The smallest absolute Gasteiger partial charge is 0.0558 e. The van der Waals surface area contributed by atoms with E-state index in [4.69, 9.17) is 15.9 Å². The second-order valence-corrected chi connectivity index (χ2v) is 3.90. The number of nitrogens with two attached hydrogens (primary N) is 1. The van der Waals surface area contributed by atoms with Crippen molar-refractivity contribution in [3.8, 4) is 0 Å². The molecule has 1 rings (SSSR count). The predicted molar refractivity (Wildman–Crippen MR) is 51.4 cm³/mol. The molecule has 0 spiro atoms. The van der Waals surface area contributed by atoms with Crippen LogP contribution in [-0.2, 0) is 0 Å². The summed E-state index contributed by atoms with van der Waals surface area (Å²) in [6.07, 6.45) is 2.54. The third-order valence-corrected chi connectivity index (χ3v) is 2.88. The average molecular weight is 188 g/mol. The van der Waals surface area contributed by atoms with E-state index in [0.717, 1.165) is 32.5 Å². The van der Waals surface area contributed by atoms with Crippen molar-refractivity contribution in [2.24, 2.45) is 5.73 Å². The van der Waals surface area contributed by atoms with Crippen molar-refractivity contribution in [3.05, 3.63) is 0 Å². The monoisotopic (exact) mass is 188 g/mol. The van der Waals surface area contributed by atoms with Crippen LogP contribution in [0, 0.1) is 0 Å². The van der Waals surface area contributed by atoms with Crippen LogP contribution in [0.15, 0.2) is 0 Å². The number of nitrogens with zero attached hydrogens (tertiary/aromatic N) is 1. The van der Waals surface area contributed by atoms with Gasteiger partial charge in [0, 0.05) is 18.7 Å². The lowest BCUT2D eigenvalue weighted by Crippen LogP contribution is -2.51. The Bertz CT molecular complexity index is 145. The zero-order valence-corrected chi connectivity index (χ0v) is 8.08. The average Bonchev–Trinajstić information content (AvgIpc) is 2.10. The third-order valence-electron chi connectivity index (χ3n) is 2.88. The molecular weight excluding hydrogens is 168 g/mol. The SMILES string of the molecule is NC1(CCO)CCN(CCO)CC1. The molecule has 0 aromatic rings. The Balaban J connectivity index is 2.28. The van der Waals surface area contributed by atoms with E-state index in [2.05, 4.69) is 4.90 Å². The number of likely N-dealkylation sites (tertiary alicyclic amines) is 1. The maximum atomic E-state index is 8.82. The molecule has 1 fully saturated rings. The van der Waals surface area contributed by atoms with E-state index in [1.54, 1.807) is 0 Å². The number of rotatable bonds is 4. The van der Waals surface area contributed by atoms with Crippen molar-refractivity contribution in [3.63, 3.8) is 0 Å². The molecule has 1 heterocycles. The first-order chi connectivity index (χ1) is 6.20. The van der Waals surface area contributed by atoms with E-state index in [1.807, 2.05) is 0 Å². The van der Waals surface area contributed by atoms with Crippen LogP contribution in [0.25, 0.3) is 0 Å². The zero-order valence-electron chi connectivity index (χ0n) is 8.08. The van der Waals surface area contributed by atoms with Crippen LogP contribution in [0.2, 0.25) is 0 Å². The van der Waals surface area contributed by atoms with Gasteiger partial charge >= 0.3 is 0 Å². The summed E-state index contributed by atoms with van der Waals surface area (Å²) in [5.41, 5.74) is 5.91. The van der Waals surface area contributed by atoms with Gasteiger partial charge in [-0.25, -0.2) is 0 Å². The van der Waals surface area contributed by atoms with Crippen LogP contribution in [-0.4, -0.2) is 53.5 Å². The molecule has 0 unspecified atom stereocenters. The number of aliphatic hydroxyl groups is 2. The summed E-state index contributed by atoms with van der Waals surface area (Å²) in [4.78, 5) is 2.21. The molecule has 0 aromatic heterocycles. The van der Waals surface area contributed by atoms with Crippen LogP contribution < -0.4 is 5.73 Å². The van der Waals surface area contributed by atoms with Gasteiger partial charge < -0.3 is 20.8 Å². The largest absolute Gasteiger partial charge is 0.396 e. The lowest BCUT2D eigenvalue weighted by atomic mass is 9.86. The van der Waals surface area contributed by atoms with E-state index < -0.39 is 0 Å². The fraction of sp³-hybridized carbons (Fsp3) is 1.00. The highest BCUT2D eigenvalue weighted by molar-refractivity contribution is 4.89. The summed E-state index contributed by atoms with van der Waals surface area (Å²) >= 11 is 0. The molecule has 78 valence electrons. The second-order valence-electron chi connectivity index (χ2n) is 3.90. The Morgan fingerprint density at radius 2 is 1.77 bits per heavy atom. The number of aliphatic hydroxyl groups excluding tert-OH is 2. The highest BCUT2D eigenvalue weighted by Crippen LogP contribution is 2.22. The highest BCUT2D eigenvalue weighted by Gasteiger charge is 2.29. The van der Waals surface area contributed by atoms with Crippen LogP contribution in [0.4, 0.5) is 0 Å². The van der Waals surface area contributed by atoms with Crippen LogP contribution in [0.5, 0.6) is 0 Å². The predicted octanol–water partition coefficient (Wildman–Crippen LogP) is -0.846. The van der Waals surface area contributed by atoms with Crippen molar-refractivity contribution in [1.82, 2.24) is 4.90 Å². The number of piperidine rings is 1. The molecule has 0 aromatic carbocycles. The first-order valence-electron chi connectivity index (χ1n) is 4.93. The van der Waals surface area contributed by atoms with Crippen molar-refractivity contribution >= 4 is 0 Å².